The van der Waals surface area contributed by atoms with Crippen LogP contribution >= 0.6 is 23.2 Å². The number of aromatic amines is 1. The number of H-pyrrole nitrogens is 1. The van der Waals surface area contributed by atoms with Crippen molar-refractivity contribution >= 4 is 28.9 Å². The number of rotatable bonds is 2. The third-order valence-electron chi connectivity index (χ3n) is 2.42. The van der Waals surface area contributed by atoms with Crippen LogP contribution in [0.5, 0.6) is 0 Å². The molecule has 0 aliphatic rings. The highest BCUT2D eigenvalue weighted by molar-refractivity contribution is 6.43. The summed E-state index contributed by atoms with van der Waals surface area (Å²) in [6.45, 7) is 0. The van der Waals surface area contributed by atoms with Crippen molar-refractivity contribution < 1.29 is 13.2 Å². The zero-order chi connectivity index (χ0) is 15.8. The average Bonchev–Trinajstić information content (AvgIpc) is 2.37. The van der Waals surface area contributed by atoms with E-state index in [-0.39, 0.29) is 21.8 Å². The molecule has 112 valence electrons. The lowest BCUT2D eigenvalue weighted by Crippen LogP contribution is -2.41. The smallest absolute Gasteiger partial charge is 0.301 e. The molecule has 1 aromatic heterocycles. The van der Waals surface area contributed by atoms with Crippen LogP contribution in [0, 0.1) is 0 Å². The van der Waals surface area contributed by atoms with Gasteiger partial charge in [0.25, 0.3) is 5.56 Å². The van der Waals surface area contributed by atoms with Crippen molar-refractivity contribution in [3.63, 3.8) is 0 Å². The third-order valence-corrected chi connectivity index (χ3v) is 3.24. The molecule has 1 heterocycles. The molecule has 2 N–H and O–H groups in total. The Morgan fingerprint density at radius 1 is 1.19 bits per heavy atom. The first-order valence-corrected chi connectivity index (χ1v) is 6.10. The van der Waals surface area contributed by atoms with E-state index in [0.29, 0.717) is 4.68 Å². The second-order valence-electron chi connectivity index (χ2n) is 3.87. The molecule has 0 unspecified atom stereocenters. The zero-order valence-corrected chi connectivity index (χ0v) is 11.5. The van der Waals surface area contributed by atoms with E-state index in [2.05, 4.69) is 5.43 Å². The highest BCUT2D eigenvalue weighted by Gasteiger charge is 2.33. The lowest BCUT2D eigenvalue weighted by atomic mass is 10.3. The van der Waals surface area contributed by atoms with Gasteiger partial charge < -0.3 is 4.98 Å². The molecular formula is C11H6Cl2F3N3O2. The minimum atomic E-state index is -4.83. The molecule has 0 fully saturated rings. The molecule has 2 rings (SSSR count). The lowest BCUT2D eigenvalue weighted by Gasteiger charge is -2.12. The quantitative estimate of drug-likeness (QED) is 0.884. The van der Waals surface area contributed by atoms with E-state index in [0.717, 1.165) is 0 Å². The molecule has 0 atom stereocenters. The van der Waals surface area contributed by atoms with E-state index in [1.165, 1.54) is 18.2 Å². The van der Waals surface area contributed by atoms with Gasteiger partial charge in [0, 0.05) is 6.07 Å². The predicted octanol–water partition coefficient (Wildman–Crippen LogP) is 2.74. The van der Waals surface area contributed by atoms with Crippen molar-refractivity contribution in [2.45, 2.75) is 6.18 Å². The molecule has 0 radical (unpaired) electrons. The first-order chi connectivity index (χ1) is 9.70. The van der Waals surface area contributed by atoms with Crippen LogP contribution in [-0.2, 0) is 6.18 Å². The number of aromatic nitrogens is 2. The van der Waals surface area contributed by atoms with Crippen LogP contribution in [-0.4, -0.2) is 9.66 Å². The van der Waals surface area contributed by atoms with Crippen LogP contribution in [0.25, 0.3) is 0 Å². The Bertz CT molecular complexity index is 767. The van der Waals surface area contributed by atoms with E-state index in [9.17, 15) is 22.8 Å². The van der Waals surface area contributed by atoms with E-state index in [1.54, 1.807) is 4.98 Å². The van der Waals surface area contributed by atoms with Crippen LogP contribution in [0.1, 0.15) is 5.69 Å². The molecule has 0 aliphatic carbocycles. The number of nitrogens with zero attached hydrogens (tertiary/aromatic N) is 1. The number of anilines is 1. The molecule has 0 saturated carbocycles. The fourth-order valence-corrected chi connectivity index (χ4v) is 1.81. The van der Waals surface area contributed by atoms with Crippen molar-refractivity contribution in [1.29, 1.82) is 0 Å². The lowest BCUT2D eigenvalue weighted by molar-refractivity contribution is -0.141. The fraction of sp³-hybridized carbons (Fsp3) is 0.0909. The van der Waals surface area contributed by atoms with Crippen LogP contribution in [0.15, 0.2) is 33.9 Å². The highest BCUT2D eigenvalue weighted by Crippen LogP contribution is 2.29. The van der Waals surface area contributed by atoms with Gasteiger partial charge in [-0.25, -0.2) is 4.79 Å². The summed E-state index contributed by atoms with van der Waals surface area (Å²) in [6, 6.07) is 4.61. The normalized spacial score (nSPS) is 11.5. The standard InChI is InChI=1S/C11H6Cl2F3N3O2/c12-5-2-1-3-6(9(5)13)18-19-8(20)4-7(11(14,15)16)17-10(19)21/h1-4,18H,(H,17,21). The van der Waals surface area contributed by atoms with Gasteiger partial charge in [-0.05, 0) is 12.1 Å². The number of hydrogen-bond acceptors (Lipinski definition) is 3. The fourth-order valence-electron chi connectivity index (χ4n) is 1.46. The van der Waals surface area contributed by atoms with Gasteiger partial charge in [0.2, 0.25) is 0 Å². The van der Waals surface area contributed by atoms with E-state index >= 15 is 0 Å². The number of alkyl halides is 3. The first-order valence-electron chi connectivity index (χ1n) is 5.35. The van der Waals surface area contributed by atoms with Gasteiger partial charge in [-0.3, -0.25) is 10.2 Å². The summed E-state index contributed by atoms with van der Waals surface area (Å²) < 4.78 is 37.7. The zero-order valence-electron chi connectivity index (χ0n) is 9.96. The maximum absolute atomic E-state index is 12.4. The molecule has 2 aromatic rings. The number of nitrogens with one attached hydrogen (secondary N) is 2. The molecule has 10 heteroatoms. The van der Waals surface area contributed by atoms with Crippen LogP contribution in [0.4, 0.5) is 18.9 Å². The van der Waals surface area contributed by atoms with Crippen molar-refractivity contribution in [3.05, 3.63) is 60.8 Å². The van der Waals surface area contributed by atoms with Gasteiger partial charge in [-0.15, -0.1) is 0 Å². The molecule has 0 bridgehead atoms. The maximum atomic E-state index is 12.4. The van der Waals surface area contributed by atoms with Crippen LogP contribution < -0.4 is 16.7 Å². The Labute approximate surface area is 124 Å². The van der Waals surface area contributed by atoms with Crippen molar-refractivity contribution in [3.8, 4) is 0 Å². The minimum absolute atomic E-state index is 0.0189. The summed E-state index contributed by atoms with van der Waals surface area (Å²) in [6.07, 6.45) is -4.83. The maximum Gasteiger partial charge on any atom is 0.431 e. The Kier molecular flexibility index (Phi) is 4.02. The monoisotopic (exact) mass is 339 g/mol. The van der Waals surface area contributed by atoms with E-state index in [4.69, 9.17) is 23.2 Å². The van der Waals surface area contributed by atoms with Gasteiger partial charge in [-0.1, -0.05) is 29.3 Å². The molecule has 0 aliphatic heterocycles. The molecule has 0 saturated heterocycles. The largest absolute Gasteiger partial charge is 0.431 e. The average molecular weight is 340 g/mol. The number of hydrogen-bond donors (Lipinski definition) is 2. The van der Waals surface area contributed by atoms with E-state index in [1.807, 2.05) is 0 Å². The summed E-state index contributed by atoms with van der Waals surface area (Å²) in [5, 5.41) is 0.170. The van der Waals surface area contributed by atoms with Crippen LogP contribution in [0.2, 0.25) is 10.0 Å². The number of benzene rings is 1. The Hall–Kier alpha value is -1.93. The topological polar surface area (TPSA) is 66.9 Å². The van der Waals surface area contributed by atoms with Gasteiger partial charge in [0.15, 0.2) is 0 Å². The van der Waals surface area contributed by atoms with Crippen molar-refractivity contribution in [2.24, 2.45) is 0 Å². The molecule has 5 nitrogen and oxygen atoms in total. The Morgan fingerprint density at radius 3 is 2.43 bits per heavy atom. The second kappa shape index (κ2) is 5.45. The highest BCUT2D eigenvalue weighted by atomic mass is 35.5. The van der Waals surface area contributed by atoms with Gasteiger partial charge in [0.05, 0.1) is 15.7 Å². The van der Waals surface area contributed by atoms with Gasteiger partial charge in [0.1, 0.15) is 5.69 Å². The molecule has 0 spiro atoms. The minimum Gasteiger partial charge on any atom is -0.301 e. The molecule has 1 aromatic carbocycles. The Balaban J connectivity index is 2.50. The SMILES string of the molecule is O=c1cc(C(F)(F)F)[nH]c(=O)n1Nc1cccc(Cl)c1Cl. The van der Waals surface area contributed by atoms with Gasteiger partial charge >= 0.3 is 11.9 Å². The molecular weight excluding hydrogens is 334 g/mol. The molecule has 21 heavy (non-hydrogen) atoms. The van der Waals surface area contributed by atoms with Gasteiger partial charge in [-0.2, -0.15) is 17.8 Å². The summed E-state index contributed by atoms with van der Waals surface area (Å²) in [7, 11) is 0. The van der Waals surface area contributed by atoms with Crippen molar-refractivity contribution in [2.75, 3.05) is 5.43 Å². The first kappa shape index (κ1) is 15.5. The summed E-state index contributed by atoms with van der Waals surface area (Å²) in [4.78, 5) is 24.7. The number of halogens is 5. The van der Waals surface area contributed by atoms with Crippen LogP contribution in [0.3, 0.4) is 0 Å². The van der Waals surface area contributed by atoms with E-state index < -0.39 is 23.1 Å². The second-order valence-corrected chi connectivity index (χ2v) is 4.66. The summed E-state index contributed by atoms with van der Waals surface area (Å²) >= 11 is 11.6. The third kappa shape index (κ3) is 3.22. The molecule has 0 amide bonds. The summed E-state index contributed by atoms with van der Waals surface area (Å²) in [5.41, 5.74) is -1.52. The summed E-state index contributed by atoms with van der Waals surface area (Å²) in [5.74, 6) is 0. The Morgan fingerprint density at radius 2 is 1.86 bits per heavy atom. The predicted molar refractivity (Wildman–Crippen MR) is 71.8 cm³/mol. The van der Waals surface area contributed by atoms with Crippen molar-refractivity contribution in [1.82, 2.24) is 9.66 Å².